The Morgan fingerprint density at radius 3 is 2.22 bits per heavy atom. The molecule has 0 saturated carbocycles. The molecule has 0 aliphatic carbocycles. The summed E-state index contributed by atoms with van der Waals surface area (Å²) in [6, 6.07) is 16.0. The molecule has 0 fully saturated rings. The summed E-state index contributed by atoms with van der Waals surface area (Å²) < 4.78 is 8.14. The minimum Gasteiger partial charge on any atom is -0.484 e. The summed E-state index contributed by atoms with van der Waals surface area (Å²) in [4.78, 5) is 0. The zero-order valence-electron chi connectivity index (χ0n) is 9.64. The summed E-state index contributed by atoms with van der Waals surface area (Å²) in [5, 5.41) is 0. The summed E-state index contributed by atoms with van der Waals surface area (Å²) in [5.74, 6) is 0.841. The summed E-state index contributed by atoms with van der Waals surface area (Å²) >= 11 is 5.69. The largest absolute Gasteiger partial charge is 0.484 e. The van der Waals surface area contributed by atoms with Gasteiger partial charge in [0.1, 0.15) is 11.9 Å². The molecule has 2 aromatic carbocycles. The molecule has 0 aliphatic heterocycles. The fourth-order valence-electron chi connectivity index (χ4n) is 1.61. The van der Waals surface area contributed by atoms with Gasteiger partial charge in [0.15, 0.2) is 0 Å². The van der Waals surface area contributed by atoms with E-state index in [2.05, 4.69) is 38.5 Å². The monoisotopic (exact) mass is 417 g/mol. The van der Waals surface area contributed by atoms with Crippen LogP contribution < -0.4 is 10.5 Å². The molecular formula is C14H13BrINO. The van der Waals surface area contributed by atoms with Gasteiger partial charge in [0.05, 0.1) is 0 Å². The van der Waals surface area contributed by atoms with Crippen molar-refractivity contribution in [2.24, 2.45) is 5.73 Å². The van der Waals surface area contributed by atoms with Gasteiger partial charge in [-0.25, -0.2) is 0 Å². The lowest BCUT2D eigenvalue weighted by molar-refractivity contribution is 0.214. The van der Waals surface area contributed by atoms with Gasteiger partial charge in [0.2, 0.25) is 0 Å². The zero-order chi connectivity index (χ0) is 13.0. The third-order valence-corrected chi connectivity index (χ3v) is 3.80. The quantitative estimate of drug-likeness (QED) is 0.759. The first-order chi connectivity index (χ1) is 8.69. The van der Waals surface area contributed by atoms with Crippen molar-refractivity contribution in [3.8, 4) is 5.75 Å². The molecule has 0 radical (unpaired) electrons. The van der Waals surface area contributed by atoms with E-state index in [0.717, 1.165) is 15.8 Å². The first kappa shape index (κ1) is 13.8. The zero-order valence-corrected chi connectivity index (χ0v) is 13.4. The molecule has 1 unspecified atom stereocenters. The van der Waals surface area contributed by atoms with Crippen LogP contribution in [-0.2, 0) is 0 Å². The van der Waals surface area contributed by atoms with E-state index in [1.807, 2.05) is 48.5 Å². The molecular weight excluding hydrogens is 405 g/mol. The van der Waals surface area contributed by atoms with Crippen molar-refractivity contribution in [3.05, 3.63) is 62.1 Å². The second-order valence-electron chi connectivity index (χ2n) is 3.85. The highest BCUT2D eigenvalue weighted by atomic mass is 127. The fraction of sp³-hybridized carbons (Fsp3) is 0.143. The maximum Gasteiger partial charge on any atom is 0.136 e. The van der Waals surface area contributed by atoms with Gasteiger partial charge in [-0.15, -0.1) is 0 Å². The summed E-state index contributed by atoms with van der Waals surface area (Å²) in [5.41, 5.74) is 6.87. The number of nitrogens with two attached hydrogens (primary N) is 1. The van der Waals surface area contributed by atoms with Crippen molar-refractivity contribution in [1.82, 2.24) is 0 Å². The van der Waals surface area contributed by atoms with Gasteiger partial charge in [-0.3, -0.25) is 0 Å². The highest BCUT2D eigenvalue weighted by Gasteiger charge is 2.11. The van der Waals surface area contributed by atoms with E-state index in [1.54, 1.807) is 0 Å². The average Bonchev–Trinajstić information content (AvgIpc) is 2.39. The van der Waals surface area contributed by atoms with Crippen LogP contribution in [0.15, 0.2) is 53.0 Å². The summed E-state index contributed by atoms with van der Waals surface area (Å²) in [6.07, 6.45) is -0.113. The lowest BCUT2D eigenvalue weighted by Gasteiger charge is -2.18. The Bertz CT molecular complexity index is 498. The van der Waals surface area contributed by atoms with Crippen molar-refractivity contribution < 1.29 is 4.74 Å². The first-order valence-electron chi connectivity index (χ1n) is 5.57. The van der Waals surface area contributed by atoms with E-state index in [4.69, 9.17) is 10.5 Å². The lowest BCUT2D eigenvalue weighted by Crippen LogP contribution is -2.18. The molecule has 94 valence electrons. The maximum atomic E-state index is 5.90. The van der Waals surface area contributed by atoms with Crippen LogP contribution in [0.3, 0.4) is 0 Å². The van der Waals surface area contributed by atoms with Crippen molar-refractivity contribution >= 4 is 38.5 Å². The van der Waals surface area contributed by atoms with Gasteiger partial charge in [-0.1, -0.05) is 28.1 Å². The van der Waals surface area contributed by atoms with Crippen LogP contribution in [0.25, 0.3) is 0 Å². The van der Waals surface area contributed by atoms with Crippen LogP contribution in [0.2, 0.25) is 0 Å². The van der Waals surface area contributed by atoms with Crippen LogP contribution in [0.5, 0.6) is 5.75 Å². The minimum atomic E-state index is -0.113. The molecule has 0 heterocycles. The van der Waals surface area contributed by atoms with Crippen LogP contribution in [0.1, 0.15) is 11.7 Å². The molecule has 0 bridgehead atoms. The standard InChI is InChI=1S/C14H13BrINO/c15-11-3-1-10(2-4-11)14(9-17)18-13-7-5-12(16)6-8-13/h1-8,14H,9,17H2. The minimum absolute atomic E-state index is 0.113. The number of hydrogen-bond acceptors (Lipinski definition) is 2. The normalized spacial score (nSPS) is 12.2. The molecule has 0 aromatic heterocycles. The molecule has 1 atom stereocenters. The molecule has 2 aromatic rings. The van der Waals surface area contributed by atoms with Crippen LogP contribution >= 0.6 is 38.5 Å². The van der Waals surface area contributed by atoms with Crippen LogP contribution in [0.4, 0.5) is 0 Å². The average molecular weight is 418 g/mol. The van der Waals surface area contributed by atoms with E-state index in [1.165, 1.54) is 3.57 Å². The van der Waals surface area contributed by atoms with Gasteiger partial charge in [0.25, 0.3) is 0 Å². The van der Waals surface area contributed by atoms with E-state index >= 15 is 0 Å². The smallest absolute Gasteiger partial charge is 0.136 e. The molecule has 2 nitrogen and oxygen atoms in total. The van der Waals surface area contributed by atoms with E-state index < -0.39 is 0 Å². The van der Waals surface area contributed by atoms with Gasteiger partial charge < -0.3 is 10.5 Å². The molecule has 4 heteroatoms. The number of halogens is 2. The van der Waals surface area contributed by atoms with E-state index in [-0.39, 0.29) is 6.10 Å². The van der Waals surface area contributed by atoms with Crippen molar-refractivity contribution in [1.29, 1.82) is 0 Å². The number of rotatable bonds is 4. The second kappa shape index (κ2) is 6.54. The van der Waals surface area contributed by atoms with Crippen LogP contribution in [0, 0.1) is 3.57 Å². The second-order valence-corrected chi connectivity index (χ2v) is 6.01. The summed E-state index contributed by atoms with van der Waals surface area (Å²) in [7, 11) is 0. The Morgan fingerprint density at radius 1 is 1.06 bits per heavy atom. The predicted molar refractivity (Wildman–Crippen MR) is 85.7 cm³/mol. The Hall–Kier alpha value is -0.590. The SMILES string of the molecule is NCC(Oc1ccc(I)cc1)c1ccc(Br)cc1. The fourth-order valence-corrected chi connectivity index (χ4v) is 2.23. The van der Waals surface area contributed by atoms with Gasteiger partial charge in [-0.05, 0) is 64.6 Å². The molecule has 2 N–H and O–H groups in total. The van der Waals surface area contributed by atoms with Crippen LogP contribution in [-0.4, -0.2) is 6.54 Å². The van der Waals surface area contributed by atoms with Gasteiger partial charge >= 0.3 is 0 Å². The molecule has 2 rings (SSSR count). The van der Waals surface area contributed by atoms with Gasteiger partial charge in [-0.2, -0.15) is 0 Å². The molecule has 0 saturated heterocycles. The number of ether oxygens (including phenoxy) is 1. The lowest BCUT2D eigenvalue weighted by atomic mass is 10.1. The summed E-state index contributed by atoms with van der Waals surface area (Å²) in [6.45, 7) is 0.452. The van der Waals surface area contributed by atoms with Crippen molar-refractivity contribution in [2.75, 3.05) is 6.54 Å². The molecule has 0 spiro atoms. The van der Waals surface area contributed by atoms with E-state index in [9.17, 15) is 0 Å². The highest BCUT2D eigenvalue weighted by Crippen LogP contribution is 2.23. The molecule has 0 amide bonds. The number of hydrogen-bond donors (Lipinski definition) is 1. The van der Waals surface area contributed by atoms with E-state index in [0.29, 0.717) is 6.54 Å². The first-order valence-corrected chi connectivity index (χ1v) is 7.44. The number of benzene rings is 2. The topological polar surface area (TPSA) is 35.2 Å². The van der Waals surface area contributed by atoms with Crippen molar-refractivity contribution in [2.45, 2.75) is 6.10 Å². The highest BCUT2D eigenvalue weighted by molar-refractivity contribution is 14.1. The molecule has 18 heavy (non-hydrogen) atoms. The van der Waals surface area contributed by atoms with Crippen molar-refractivity contribution in [3.63, 3.8) is 0 Å². The Morgan fingerprint density at radius 2 is 1.67 bits per heavy atom. The Balaban J connectivity index is 2.14. The third kappa shape index (κ3) is 3.70. The third-order valence-electron chi connectivity index (χ3n) is 2.55. The van der Waals surface area contributed by atoms with Gasteiger partial charge in [0, 0.05) is 14.6 Å². The molecule has 0 aliphatic rings. The Labute approximate surface area is 129 Å². The Kier molecular flexibility index (Phi) is 5.03. The maximum absolute atomic E-state index is 5.90. The predicted octanol–water partition coefficient (Wildman–Crippen LogP) is 4.13.